The number of nitrogens with two attached hydrogens (primary N) is 1. The topological polar surface area (TPSA) is 29.3 Å². The smallest absolute Gasteiger partial charge is 0.127 e. The number of anilines is 1. The van der Waals surface area contributed by atoms with Crippen LogP contribution in [0.4, 0.5) is 10.1 Å². The van der Waals surface area contributed by atoms with Gasteiger partial charge in [-0.15, -0.1) is 0 Å². The van der Waals surface area contributed by atoms with Gasteiger partial charge in [-0.25, -0.2) is 4.39 Å². The van der Waals surface area contributed by atoms with Crippen molar-refractivity contribution in [1.82, 2.24) is 4.90 Å². The van der Waals surface area contributed by atoms with E-state index in [0.29, 0.717) is 17.8 Å². The van der Waals surface area contributed by atoms with Gasteiger partial charge in [0.2, 0.25) is 0 Å². The van der Waals surface area contributed by atoms with E-state index in [0.717, 1.165) is 13.1 Å². The molecule has 0 saturated heterocycles. The predicted octanol–water partition coefficient (Wildman–Crippen LogP) is 4.61. The van der Waals surface area contributed by atoms with Gasteiger partial charge in [0.15, 0.2) is 0 Å². The second kappa shape index (κ2) is 7.75. The highest BCUT2D eigenvalue weighted by Crippen LogP contribution is 2.18. The molecule has 3 aromatic carbocycles. The molecular formula is C21H21FN2. The van der Waals surface area contributed by atoms with E-state index >= 15 is 0 Å². The van der Waals surface area contributed by atoms with E-state index < -0.39 is 0 Å². The maximum Gasteiger partial charge on any atom is 0.127 e. The highest BCUT2D eigenvalue weighted by molar-refractivity contribution is 5.41. The fourth-order valence-corrected chi connectivity index (χ4v) is 2.81. The van der Waals surface area contributed by atoms with E-state index in [1.165, 1.54) is 17.2 Å². The normalized spacial score (nSPS) is 10.9. The van der Waals surface area contributed by atoms with Crippen LogP contribution < -0.4 is 5.73 Å². The van der Waals surface area contributed by atoms with Crippen molar-refractivity contribution in [3.8, 4) is 0 Å². The van der Waals surface area contributed by atoms with Gasteiger partial charge in [-0.3, -0.25) is 4.90 Å². The number of hydrogen-bond acceptors (Lipinski definition) is 2. The number of nitrogen functional groups attached to an aromatic ring is 1. The van der Waals surface area contributed by atoms with Crippen molar-refractivity contribution in [3.05, 3.63) is 101 Å². The van der Waals surface area contributed by atoms with Gasteiger partial charge in [0.05, 0.1) is 0 Å². The van der Waals surface area contributed by atoms with Gasteiger partial charge >= 0.3 is 0 Å². The van der Waals surface area contributed by atoms with Gasteiger partial charge < -0.3 is 5.73 Å². The highest BCUT2D eigenvalue weighted by atomic mass is 19.1. The number of hydrogen-bond donors (Lipinski definition) is 1. The average molecular weight is 320 g/mol. The summed E-state index contributed by atoms with van der Waals surface area (Å²) in [5.74, 6) is -0.213. The summed E-state index contributed by atoms with van der Waals surface area (Å²) in [6, 6.07) is 25.2. The van der Waals surface area contributed by atoms with Crippen molar-refractivity contribution in [1.29, 1.82) is 0 Å². The largest absolute Gasteiger partial charge is 0.399 e. The summed E-state index contributed by atoms with van der Waals surface area (Å²) < 4.78 is 14.1. The van der Waals surface area contributed by atoms with Crippen LogP contribution in [0.3, 0.4) is 0 Å². The molecule has 0 radical (unpaired) electrons. The van der Waals surface area contributed by atoms with Crippen LogP contribution >= 0.6 is 0 Å². The molecule has 0 aliphatic carbocycles. The molecule has 3 aromatic rings. The molecule has 0 heterocycles. The number of rotatable bonds is 6. The third-order valence-electron chi connectivity index (χ3n) is 3.96. The number of benzene rings is 3. The Morgan fingerprint density at radius 1 is 0.708 bits per heavy atom. The van der Waals surface area contributed by atoms with Gasteiger partial charge in [-0.2, -0.15) is 0 Å². The van der Waals surface area contributed by atoms with Crippen LogP contribution in [0.1, 0.15) is 16.7 Å². The summed E-state index contributed by atoms with van der Waals surface area (Å²) in [7, 11) is 0. The maximum atomic E-state index is 14.1. The van der Waals surface area contributed by atoms with E-state index in [-0.39, 0.29) is 5.82 Å². The van der Waals surface area contributed by atoms with Gasteiger partial charge in [0.25, 0.3) is 0 Å². The molecule has 2 N–H and O–H groups in total. The summed E-state index contributed by atoms with van der Waals surface area (Å²) in [4.78, 5) is 2.22. The molecule has 2 nitrogen and oxygen atoms in total. The standard InChI is InChI=1S/C21H21FN2/c22-21-12-11-20(23)13-19(21)16-24(14-17-7-3-1-4-8-17)15-18-9-5-2-6-10-18/h1-13H,14-16,23H2. The first-order chi connectivity index (χ1) is 11.7. The Labute approximate surface area is 142 Å². The van der Waals surface area contributed by atoms with Crippen molar-refractivity contribution < 1.29 is 4.39 Å². The fraction of sp³-hybridized carbons (Fsp3) is 0.143. The van der Waals surface area contributed by atoms with Gasteiger partial charge in [-0.05, 0) is 29.3 Å². The summed E-state index contributed by atoms with van der Waals surface area (Å²) >= 11 is 0. The van der Waals surface area contributed by atoms with Crippen molar-refractivity contribution in [2.75, 3.05) is 5.73 Å². The molecule has 0 fully saturated rings. The molecular weight excluding hydrogens is 299 g/mol. The van der Waals surface area contributed by atoms with Crippen LogP contribution in [-0.4, -0.2) is 4.90 Å². The minimum atomic E-state index is -0.213. The van der Waals surface area contributed by atoms with Crippen molar-refractivity contribution in [2.45, 2.75) is 19.6 Å². The van der Waals surface area contributed by atoms with E-state index in [1.807, 2.05) is 36.4 Å². The van der Waals surface area contributed by atoms with Crippen LogP contribution in [0.25, 0.3) is 0 Å². The van der Waals surface area contributed by atoms with E-state index in [4.69, 9.17) is 5.73 Å². The molecule has 0 aromatic heterocycles. The van der Waals surface area contributed by atoms with Crippen LogP contribution in [0.15, 0.2) is 78.9 Å². The van der Waals surface area contributed by atoms with Gasteiger partial charge in [0.1, 0.15) is 5.82 Å². The molecule has 0 aliphatic rings. The maximum absolute atomic E-state index is 14.1. The summed E-state index contributed by atoms with van der Waals surface area (Å²) in [6.07, 6.45) is 0. The Bertz CT molecular complexity index is 731. The lowest BCUT2D eigenvalue weighted by atomic mass is 10.1. The van der Waals surface area contributed by atoms with Gasteiger partial charge in [0, 0.05) is 30.9 Å². The van der Waals surface area contributed by atoms with Crippen LogP contribution in [0.2, 0.25) is 0 Å². The van der Waals surface area contributed by atoms with Gasteiger partial charge in [-0.1, -0.05) is 60.7 Å². The summed E-state index contributed by atoms with van der Waals surface area (Å²) in [5, 5.41) is 0. The Morgan fingerprint density at radius 3 is 1.79 bits per heavy atom. The zero-order chi connectivity index (χ0) is 16.8. The third-order valence-corrected chi connectivity index (χ3v) is 3.96. The Kier molecular flexibility index (Phi) is 5.24. The van der Waals surface area contributed by atoms with E-state index in [9.17, 15) is 4.39 Å². The molecule has 0 atom stereocenters. The first-order valence-corrected chi connectivity index (χ1v) is 8.05. The molecule has 3 rings (SSSR count). The Balaban J connectivity index is 1.82. The summed E-state index contributed by atoms with van der Waals surface area (Å²) in [6.45, 7) is 2.02. The molecule has 0 aliphatic heterocycles. The Morgan fingerprint density at radius 2 is 1.25 bits per heavy atom. The quantitative estimate of drug-likeness (QED) is 0.672. The second-order valence-electron chi connectivity index (χ2n) is 5.97. The zero-order valence-electron chi connectivity index (χ0n) is 13.5. The first kappa shape index (κ1) is 16.2. The average Bonchev–Trinajstić information content (AvgIpc) is 2.60. The minimum Gasteiger partial charge on any atom is -0.399 e. The molecule has 3 heteroatoms. The molecule has 0 bridgehead atoms. The monoisotopic (exact) mass is 320 g/mol. The van der Waals surface area contributed by atoms with Crippen LogP contribution in [0.5, 0.6) is 0 Å². The van der Waals surface area contributed by atoms with E-state index in [2.05, 4.69) is 29.2 Å². The molecule has 122 valence electrons. The minimum absolute atomic E-state index is 0.213. The lowest BCUT2D eigenvalue weighted by Gasteiger charge is -2.23. The van der Waals surface area contributed by atoms with Crippen molar-refractivity contribution in [2.24, 2.45) is 0 Å². The van der Waals surface area contributed by atoms with E-state index in [1.54, 1.807) is 12.1 Å². The second-order valence-corrected chi connectivity index (χ2v) is 5.97. The molecule has 24 heavy (non-hydrogen) atoms. The lowest BCUT2D eigenvalue weighted by molar-refractivity contribution is 0.244. The third kappa shape index (κ3) is 4.43. The molecule has 0 unspecified atom stereocenters. The lowest BCUT2D eigenvalue weighted by Crippen LogP contribution is -2.23. The summed E-state index contributed by atoms with van der Waals surface area (Å²) in [5.41, 5.74) is 9.45. The number of halogens is 1. The first-order valence-electron chi connectivity index (χ1n) is 8.05. The molecule has 0 amide bonds. The zero-order valence-corrected chi connectivity index (χ0v) is 13.5. The molecule has 0 saturated carbocycles. The van der Waals surface area contributed by atoms with Crippen LogP contribution in [-0.2, 0) is 19.6 Å². The predicted molar refractivity (Wildman–Crippen MR) is 96.6 cm³/mol. The fourth-order valence-electron chi connectivity index (χ4n) is 2.81. The highest BCUT2D eigenvalue weighted by Gasteiger charge is 2.11. The van der Waals surface area contributed by atoms with Crippen molar-refractivity contribution in [3.63, 3.8) is 0 Å². The number of nitrogens with zero attached hydrogens (tertiary/aromatic N) is 1. The SMILES string of the molecule is Nc1ccc(F)c(CN(Cc2ccccc2)Cc2ccccc2)c1. The Hall–Kier alpha value is -2.65. The van der Waals surface area contributed by atoms with Crippen LogP contribution in [0, 0.1) is 5.82 Å². The molecule has 0 spiro atoms. The van der Waals surface area contributed by atoms with Crippen molar-refractivity contribution >= 4 is 5.69 Å².